The zero-order chi connectivity index (χ0) is 19.6. The predicted molar refractivity (Wildman–Crippen MR) is 112 cm³/mol. The van der Waals surface area contributed by atoms with Crippen molar-refractivity contribution in [3.63, 3.8) is 0 Å². The number of likely N-dealkylation sites (N-methyl/N-ethyl adjacent to an activating group) is 1. The molecule has 1 amide bonds. The fraction of sp³-hybridized carbons (Fsp3) is 0.364. The summed E-state index contributed by atoms with van der Waals surface area (Å²) in [5, 5.41) is -0.407. The summed E-state index contributed by atoms with van der Waals surface area (Å²) in [7, 11) is 2.00. The third kappa shape index (κ3) is 6.42. The highest BCUT2D eigenvalue weighted by Crippen LogP contribution is 2.29. The van der Waals surface area contributed by atoms with E-state index < -0.39 is 5.25 Å². The van der Waals surface area contributed by atoms with Crippen molar-refractivity contribution < 1.29 is 4.79 Å². The van der Waals surface area contributed by atoms with Gasteiger partial charge in [0.25, 0.3) is 0 Å². The summed E-state index contributed by atoms with van der Waals surface area (Å²) in [4.78, 5) is 19.4. The smallest absolute Gasteiger partial charge is 0.232 e. The molecule has 1 aromatic heterocycles. The van der Waals surface area contributed by atoms with E-state index in [0.717, 1.165) is 24.3 Å². The van der Waals surface area contributed by atoms with Gasteiger partial charge in [-0.15, -0.1) is 24.1 Å². The fourth-order valence-electron chi connectivity index (χ4n) is 2.91. The molecule has 0 aliphatic rings. The molecule has 0 saturated carbocycles. The highest BCUT2D eigenvalue weighted by Gasteiger charge is 2.30. The number of amides is 1. The Labute approximate surface area is 166 Å². The third-order valence-corrected chi connectivity index (χ3v) is 5.96. The Bertz CT molecular complexity index is 755. The van der Waals surface area contributed by atoms with Gasteiger partial charge in [0.2, 0.25) is 5.91 Å². The number of carbonyl (C=O) groups excluding carboxylic acids is 1. The minimum atomic E-state index is -0.407. The van der Waals surface area contributed by atoms with Crippen LogP contribution >= 0.6 is 11.8 Å². The van der Waals surface area contributed by atoms with Crippen LogP contribution in [-0.2, 0) is 17.6 Å². The second kappa shape index (κ2) is 10.8. The van der Waals surface area contributed by atoms with Crippen molar-refractivity contribution in [1.29, 1.82) is 0 Å². The number of aryl methyl sites for hydroxylation is 1. The molecule has 0 radical (unpaired) electrons. The van der Waals surface area contributed by atoms with Crippen molar-refractivity contribution in [2.24, 2.45) is 5.73 Å². The maximum atomic E-state index is 12.2. The first-order valence-corrected chi connectivity index (χ1v) is 10.0. The van der Waals surface area contributed by atoms with Crippen molar-refractivity contribution in [2.45, 2.75) is 42.4 Å². The molecule has 142 valence electrons. The average molecular weight is 382 g/mol. The van der Waals surface area contributed by atoms with Crippen LogP contribution in [-0.4, -0.2) is 40.7 Å². The first-order valence-electron chi connectivity index (χ1n) is 9.12. The first kappa shape index (κ1) is 21.0. The maximum absolute atomic E-state index is 12.2. The Morgan fingerprint density at radius 2 is 1.89 bits per heavy atom. The lowest BCUT2D eigenvalue weighted by atomic mass is 10.1. The molecule has 0 aliphatic carbocycles. The van der Waals surface area contributed by atoms with E-state index in [9.17, 15) is 4.79 Å². The van der Waals surface area contributed by atoms with Crippen molar-refractivity contribution in [3.8, 4) is 12.3 Å². The van der Waals surface area contributed by atoms with E-state index in [1.807, 2.05) is 31.3 Å². The zero-order valence-electron chi connectivity index (χ0n) is 16.0. The molecule has 5 heteroatoms. The molecule has 0 bridgehead atoms. The molecule has 4 nitrogen and oxygen atoms in total. The molecule has 0 saturated heterocycles. The summed E-state index contributed by atoms with van der Waals surface area (Å²) in [5.41, 5.74) is 8.23. The Balaban J connectivity index is 2.10. The minimum absolute atomic E-state index is 0.120. The van der Waals surface area contributed by atoms with E-state index in [2.05, 4.69) is 34.9 Å². The number of pyridine rings is 1. The van der Waals surface area contributed by atoms with Crippen LogP contribution in [0.25, 0.3) is 0 Å². The van der Waals surface area contributed by atoms with Gasteiger partial charge in [-0.05, 0) is 55.3 Å². The molecule has 0 fully saturated rings. The van der Waals surface area contributed by atoms with Gasteiger partial charge in [0.1, 0.15) is 5.25 Å². The number of nitrogens with zero attached hydrogens (tertiary/aromatic N) is 2. The van der Waals surface area contributed by atoms with Crippen molar-refractivity contribution in [2.75, 3.05) is 13.6 Å². The third-order valence-electron chi connectivity index (χ3n) is 4.62. The molecular formula is C22H27N3OS. The van der Waals surface area contributed by atoms with Crippen LogP contribution in [0.4, 0.5) is 0 Å². The van der Waals surface area contributed by atoms with Gasteiger partial charge in [-0.25, -0.2) is 0 Å². The number of rotatable bonds is 10. The second-order valence-corrected chi connectivity index (χ2v) is 7.71. The monoisotopic (exact) mass is 381 g/mol. The van der Waals surface area contributed by atoms with Gasteiger partial charge in [0, 0.05) is 36.3 Å². The molecule has 2 aromatic rings. The van der Waals surface area contributed by atoms with E-state index in [4.69, 9.17) is 12.2 Å². The van der Waals surface area contributed by atoms with Crippen molar-refractivity contribution >= 4 is 17.7 Å². The van der Waals surface area contributed by atoms with Crippen LogP contribution < -0.4 is 5.73 Å². The lowest BCUT2D eigenvalue weighted by Gasteiger charge is -2.31. The summed E-state index contributed by atoms with van der Waals surface area (Å²) >= 11 is 1.49. The van der Waals surface area contributed by atoms with E-state index >= 15 is 0 Å². The van der Waals surface area contributed by atoms with Gasteiger partial charge in [-0.1, -0.05) is 19.1 Å². The fourth-order valence-corrected chi connectivity index (χ4v) is 4.08. The molecule has 0 spiro atoms. The van der Waals surface area contributed by atoms with Gasteiger partial charge < -0.3 is 10.6 Å². The lowest BCUT2D eigenvalue weighted by molar-refractivity contribution is -0.118. The highest BCUT2D eigenvalue weighted by atomic mass is 32.2. The zero-order valence-corrected chi connectivity index (χ0v) is 16.8. The van der Waals surface area contributed by atoms with Gasteiger partial charge >= 0.3 is 0 Å². The Morgan fingerprint density at radius 1 is 1.22 bits per heavy atom. The Morgan fingerprint density at radius 3 is 2.44 bits per heavy atom. The second-order valence-electron chi connectivity index (χ2n) is 6.50. The van der Waals surface area contributed by atoms with Crippen LogP contribution in [0.1, 0.15) is 24.5 Å². The number of aromatic nitrogens is 1. The van der Waals surface area contributed by atoms with Gasteiger partial charge in [-0.3, -0.25) is 9.78 Å². The van der Waals surface area contributed by atoms with Crippen LogP contribution in [0.15, 0.2) is 53.7 Å². The summed E-state index contributed by atoms with van der Waals surface area (Å²) in [5.74, 6) is 2.38. The summed E-state index contributed by atoms with van der Waals surface area (Å²) in [6.07, 6.45) is 11.5. The van der Waals surface area contributed by atoms with Crippen LogP contribution in [0.2, 0.25) is 0 Å². The molecule has 27 heavy (non-hydrogen) atoms. The SMILES string of the molecule is C#CCC(C(Sc1ccc(CC)cc1)C(N)=O)N(C)CCc1ccncc1. The first-order chi connectivity index (χ1) is 13.0. The molecule has 0 aliphatic heterocycles. The Hall–Kier alpha value is -2.29. The number of primary amides is 1. The number of nitrogens with two attached hydrogens (primary N) is 1. The molecule has 1 aromatic carbocycles. The van der Waals surface area contributed by atoms with E-state index in [0.29, 0.717) is 6.42 Å². The maximum Gasteiger partial charge on any atom is 0.232 e. The van der Waals surface area contributed by atoms with Crippen LogP contribution in [0, 0.1) is 12.3 Å². The molecule has 2 rings (SSSR count). The molecule has 1 heterocycles. The average Bonchev–Trinajstić information content (AvgIpc) is 2.70. The van der Waals surface area contributed by atoms with E-state index in [1.165, 1.54) is 22.9 Å². The largest absolute Gasteiger partial charge is 0.369 e. The quantitative estimate of drug-likeness (QED) is 0.507. The molecule has 2 atom stereocenters. The number of terminal acetylenes is 1. The molecular weight excluding hydrogens is 354 g/mol. The Kier molecular flexibility index (Phi) is 8.38. The normalized spacial score (nSPS) is 13.1. The summed E-state index contributed by atoms with van der Waals surface area (Å²) in [6.45, 7) is 2.91. The summed E-state index contributed by atoms with van der Waals surface area (Å²) in [6, 6.07) is 12.1. The number of thioether (sulfide) groups is 1. The van der Waals surface area contributed by atoms with Crippen LogP contribution in [0.3, 0.4) is 0 Å². The minimum Gasteiger partial charge on any atom is -0.369 e. The molecule has 2 unspecified atom stereocenters. The van der Waals surface area contributed by atoms with Crippen molar-refractivity contribution in [1.82, 2.24) is 9.88 Å². The van der Waals surface area contributed by atoms with Crippen molar-refractivity contribution in [3.05, 3.63) is 59.9 Å². The van der Waals surface area contributed by atoms with E-state index in [-0.39, 0.29) is 11.9 Å². The predicted octanol–water partition coefficient (Wildman–Crippen LogP) is 3.16. The standard InChI is InChI=1S/C22H27N3OS/c1-4-6-20(25(3)16-13-18-11-14-24-15-12-18)21(22(23)26)27-19-9-7-17(5-2)8-10-19/h1,7-12,14-15,20-21H,5-6,13,16H2,2-3H3,(H2,23,26). The lowest BCUT2D eigenvalue weighted by Crippen LogP contribution is -2.46. The van der Waals surface area contributed by atoms with E-state index in [1.54, 1.807) is 12.4 Å². The van der Waals surface area contributed by atoms with Gasteiger partial charge in [0.05, 0.1) is 0 Å². The van der Waals surface area contributed by atoms with Gasteiger partial charge in [0.15, 0.2) is 0 Å². The molecule has 2 N–H and O–H groups in total. The number of hydrogen-bond acceptors (Lipinski definition) is 4. The number of benzene rings is 1. The van der Waals surface area contributed by atoms with Gasteiger partial charge in [-0.2, -0.15) is 0 Å². The van der Waals surface area contributed by atoms with Crippen LogP contribution in [0.5, 0.6) is 0 Å². The highest BCUT2D eigenvalue weighted by molar-refractivity contribution is 8.00. The number of carbonyl (C=O) groups is 1. The summed E-state index contributed by atoms with van der Waals surface area (Å²) < 4.78 is 0. The topological polar surface area (TPSA) is 59.2 Å². The number of hydrogen-bond donors (Lipinski definition) is 1.